The normalized spacial score (nSPS) is 12.4. The predicted molar refractivity (Wildman–Crippen MR) is 92.0 cm³/mol. The summed E-state index contributed by atoms with van der Waals surface area (Å²) in [6.45, 7) is 2.48. The van der Waals surface area contributed by atoms with Crippen LogP contribution in [-0.4, -0.2) is 16.8 Å². The Bertz CT molecular complexity index is 902. The Kier molecular flexibility index (Phi) is 4.64. The summed E-state index contributed by atoms with van der Waals surface area (Å²) in [7, 11) is 0. The Morgan fingerprint density at radius 1 is 1.17 bits per heavy atom. The van der Waals surface area contributed by atoms with Gasteiger partial charge in [0.2, 0.25) is 0 Å². The number of fused-ring (bicyclic) bond motifs is 1. The number of nitrogens with one attached hydrogen (secondary N) is 1. The summed E-state index contributed by atoms with van der Waals surface area (Å²) in [5.74, 6) is 0.0928. The lowest BCUT2D eigenvalue weighted by atomic mass is 10.1. The first-order valence-electron chi connectivity index (χ1n) is 7.75. The quantitative estimate of drug-likeness (QED) is 0.628. The zero-order valence-corrected chi connectivity index (χ0v) is 13.3. The fraction of sp³-hybridized carbons (Fsp3) is 0.211. The summed E-state index contributed by atoms with van der Waals surface area (Å²) in [4.78, 5) is 11.8. The van der Waals surface area contributed by atoms with Gasteiger partial charge in [0.05, 0.1) is 6.10 Å². The minimum Gasteiger partial charge on any atom is -0.508 e. The van der Waals surface area contributed by atoms with E-state index >= 15 is 0 Å². The van der Waals surface area contributed by atoms with E-state index in [9.17, 15) is 15.0 Å². The van der Waals surface area contributed by atoms with Crippen molar-refractivity contribution in [3.63, 3.8) is 0 Å². The molecule has 3 aromatic rings. The molecule has 5 nitrogen and oxygen atoms in total. The first-order valence-corrected chi connectivity index (χ1v) is 7.75. The number of aliphatic hydroxyl groups is 1. The molecule has 0 fully saturated rings. The zero-order valence-electron chi connectivity index (χ0n) is 13.3. The largest absolute Gasteiger partial charge is 0.508 e. The van der Waals surface area contributed by atoms with Gasteiger partial charge in [0.1, 0.15) is 11.3 Å². The Morgan fingerprint density at radius 3 is 2.67 bits per heavy atom. The fourth-order valence-electron chi connectivity index (χ4n) is 2.70. The number of rotatable bonds is 5. The molecule has 0 amide bonds. The first-order chi connectivity index (χ1) is 11.6. The third-order valence-electron chi connectivity index (χ3n) is 4.06. The van der Waals surface area contributed by atoms with Crippen molar-refractivity contribution in [2.75, 3.05) is 6.54 Å². The average Bonchev–Trinajstić information content (AvgIpc) is 2.59. The van der Waals surface area contributed by atoms with Crippen molar-refractivity contribution in [2.24, 2.45) is 0 Å². The van der Waals surface area contributed by atoms with Crippen molar-refractivity contribution in [2.45, 2.75) is 19.6 Å². The highest BCUT2D eigenvalue weighted by Crippen LogP contribution is 2.27. The number of phenolic OH excluding ortho intramolecular Hbond substituents is 1. The molecule has 1 heterocycles. The number of hydrogen-bond acceptors (Lipinski definition) is 5. The summed E-state index contributed by atoms with van der Waals surface area (Å²) in [5, 5.41) is 23.9. The van der Waals surface area contributed by atoms with Crippen molar-refractivity contribution < 1.29 is 14.6 Å². The van der Waals surface area contributed by atoms with Gasteiger partial charge in [0.25, 0.3) is 0 Å². The van der Waals surface area contributed by atoms with Crippen LogP contribution in [0.4, 0.5) is 0 Å². The molecule has 5 heteroatoms. The van der Waals surface area contributed by atoms with E-state index in [1.807, 2.05) is 30.3 Å². The second kappa shape index (κ2) is 6.86. The monoisotopic (exact) mass is 325 g/mol. The molecule has 3 N–H and O–H groups in total. The van der Waals surface area contributed by atoms with Gasteiger partial charge >= 0.3 is 5.63 Å². The molecule has 124 valence electrons. The molecular weight excluding hydrogens is 306 g/mol. The minimum absolute atomic E-state index is 0.0928. The van der Waals surface area contributed by atoms with E-state index in [0.29, 0.717) is 24.2 Å². The molecule has 1 aromatic heterocycles. The van der Waals surface area contributed by atoms with E-state index < -0.39 is 11.7 Å². The van der Waals surface area contributed by atoms with Crippen molar-refractivity contribution in [1.82, 2.24) is 5.32 Å². The van der Waals surface area contributed by atoms with Crippen molar-refractivity contribution >= 4 is 11.0 Å². The van der Waals surface area contributed by atoms with Crippen LogP contribution in [-0.2, 0) is 6.54 Å². The molecule has 0 saturated carbocycles. The van der Waals surface area contributed by atoms with Gasteiger partial charge in [0, 0.05) is 30.1 Å². The van der Waals surface area contributed by atoms with Gasteiger partial charge in [0.15, 0.2) is 0 Å². The van der Waals surface area contributed by atoms with E-state index in [1.54, 1.807) is 19.1 Å². The molecule has 0 aliphatic heterocycles. The fourth-order valence-corrected chi connectivity index (χ4v) is 2.70. The van der Waals surface area contributed by atoms with E-state index in [4.69, 9.17) is 4.42 Å². The molecule has 1 atom stereocenters. The Balaban J connectivity index is 1.78. The topological polar surface area (TPSA) is 82.7 Å². The van der Waals surface area contributed by atoms with Gasteiger partial charge in [-0.1, -0.05) is 30.3 Å². The van der Waals surface area contributed by atoms with Crippen LogP contribution in [0.3, 0.4) is 0 Å². The van der Waals surface area contributed by atoms with E-state index in [1.165, 1.54) is 6.07 Å². The average molecular weight is 325 g/mol. The van der Waals surface area contributed by atoms with E-state index in [-0.39, 0.29) is 5.75 Å². The molecule has 0 spiro atoms. The summed E-state index contributed by atoms with van der Waals surface area (Å²) in [6.07, 6.45) is -0.622. The number of benzene rings is 2. The van der Waals surface area contributed by atoms with E-state index in [0.717, 1.165) is 16.5 Å². The van der Waals surface area contributed by atoms with Crippen molar-refractivity contribution in [3.8, 4) is 5.75 Å². The van der Waals surface area contributed by atoms with Gasteiger partial charge < -0.3 is 19.9 Å². The van der Waals surface area contributed by atoms with Gasteiger partial charge in [-0.15, -0.1) is 0 Å². The molecule has 0 bridgehead atoms. The molecule has 0 aliphatic rings. The highest BCUT2D eigenvalue weighted by atomic mass is 16.4. The molecule has 0 radical (unpaired) electrons. The zero-order chi connectivity index (χ0) is 17.1. The van der Waals surface area contributed by atoms with Crippen LogP contribution in [0.1, 0.15) is 22.8 Å². The molecule has 0 aliphatic carbocycles. The van der Waals surface area contributed by atoms with Crippen LogP contribution in [0.15, 0.2) is 57.7 Å². The Hall–Kier alpha value is -2.63. The summed E-state index contributed by atoms with van der Waals surface area (Å²) in [6, 6.07) is 14.1. The second-order valence-corrected chi connectivity index (χ2v) is 5.73. The molecule has 24 heavy (non-hydrogen) atoms. The van der Waals surface area contributed by atoms with E-state index in [2.05, 4.69) is 5.32 Å². The van der Waals surface area contributed by atoms with Gasteiger partial charge in [-0.3, -0.25) is 0 Å². The Morgan fingerprint density at radius 2 is 1.92 bits per heavy atom. The third-order valence-corrected chi connectivity index (χ3v) is 4.06. The molecular formula is C19H19NO4. The highest BCUT2D eigenvalue weighted by Gasteiger charge is 2.11. The van der Waals surface area contributed by atoms with Crippen LogP contribution >= 0.6 is 0 Å². The summed E-state index contributed by atoms with van der Waals surface area (Å²) in [5.41, 5.74) is 2.07. The highest BCUT2D eigenvalue weighted by molar-refractivity contribution is 5.84. The molecule has 0 saturated heterocycles. The predicted octanol–water partition coefficient (Wildman–Crippen LogP) is 2.63. The van der Waals surface area contributed by atoms with Crippen molar-refractivity contribution in [3.05, 3.63) is 75.6 Å². The number of hydrogen-bond donors (Lipinski definition) is 3. The van der Waals surface area contributed by atoms with Crippen LogP contribution in [0, 0.1) is 6.92 Å². The smallest absolute Gasteiger partial charge is 0.336 e. The number of aryl methyl sites for hydroxylation is 1. The van der Waals surface area contributed by atoms with Crippen LogP contribution in [0.2, 0.25) is 0 Å². The van der Waals surface area contributed by atoms with Crippen LogP contribution in [0.5, 0.6) is 5.75 Å². The van der Waals surface area contributed by atoms with Crippen LogP contribution in [0.25, 0.3) is 11.0 Å². The number of phenols is 1. The van der Waals surface area contributed by atoms with Gasteiger partial charge in [-0.2, -0.15) is 0 Å². The minimum atomic E-state index is -0.622. The van der Waals surface area contributed by atoms with Crippen LogP contribution < -0.4 is 10.9 Å². The first kappa shape index (κ1) is 16.2. The summed E-state index contributed by atoms with van der Waals surface area (Å²) >= 11 is 0. The second-order valence-electron chi connectivity index (χ2n) is 5.73. The molecule has 0 unspecified atom stereocenters. The SMILES string of the molecule is Cc1c(O)ccc2c(CNC[C@@H](O)c3ccccc3)cc(=O)oc12. The van der Waals surface area contributed by atoms with Gasteiger partial charge in [-0.25, -0.2) is 4.79 Å². The maximum absolute atomic E-state index is 11.8. The maximum atomic E-state index is 11.8. The number of aliphatic hydroxyl groups excluding tert-OH is 1. The number of aromatic hydroxyl groups is 1. The van der Waals surface area contributed by atoms with Gasteiger partial charge in [-0.05, 0) is 30.2 Å². The molecule has 2 aromatic carbocycles. The maximum Gasteiger partial charge on any atom is 0.336 e. The lowest BCUT2D eigenvalue weighted by Crippen LogP contribution is -2.21. The van der Waals surface area contributed by atoms with Crippen molar-refractivity contribution in [1.29, 1.82) is 0 Å². The lowest BCUT2D eigenvalue weighted by molar-refractivity contribution is 0.174. The lowest BCUT2D eigenvalue weighted by Gasteiger charge is -2.13. The summed E-state index contributed by atoms with van der Waals surface area (Å²) < 4.78 is 5.22. The standard InChI is InChI=1S/C19H19NO4/c1-12-16(21)8-7-15-14(9-18(23)24-19(12)15)10-20-11-17(22)13-5-3-2-4-6-13/h2-9,17,20-22H,10-11H2,1H3/t17-/m1/s1. The molecule has 3 rings (SSSR count). The third kappa shape index (κ3) is 3.32. The Labute approximate surface area is 139 Å².